The number of halogens is 1. The molecule has 3 rings (SSSR count). The summed E-state index contributed by atoms with van der Waals surface area (Å²) in [4.78, 5) is 14.6. The number of hydrogen-bond donors (Lipinski definition) is 1. The Bertz CT molecular complexity index is 897. The summed E-state index contributed by atoms with van der Waals surface area (Å²) in [6, 6.07) is 12.4. The molecule has 1 saturated heterocycles. The van der Waals surface area contributed by atoms with Gasteiger partial charge in [0, 0.05) is 5.02 Å². The molecule has 1 aliphatic heterocycles. The molecular formula is C20H19ClN2O3S. The number of nitrogens with zero attached hydrogens (tertiary/aromatic N) is 1. The van der Waals surface area contributed by atoms with E-state index in [1.807, 2.05) is 25.1 Å². The number of hydrogen-bond acceptors (Lipinski definition) is 5. The molecule has 1 N–H and O–H groups in total. The van der Waals surface area contributed by atoms with Crippen LogP contribution in [0, 0.1) is 5.41 Å². The van der Waals surface area contributed by atoms with Crippen LogP contribution in [-0.4, -0.2) is 24.8 Å². The molecule has 5 nitrogen and oxygen atoms in total. The lowest BCUT2D eigenvalue weighted by Crippen LogP contribution is -2.27. The maximum atomic E-state index is 12.8. The van der Waals surface area contributed by atoms with Gasteiger partial charge in [-0.15, -0.1) is 0 Å². The van der Waals surface area contributed by atoms with E-state index in [1.165, 1.54) is 4.90 Å². The summed E-state index contributed by atoms with van der Waals surface area (Å²) in [6.07, 6.45) is 2.66. The fourth-order valence-corrected chi connectivity index (χ4v) is 3.56. The van der Waals surface area contributed by atoms with Crippen LogP contribution in [0.5, 0.6) is 11.5 Å². The summed E-state index contributed by atoms with van der Waals surface area (Å²) in [5.74, 6) is 1.04. The molecule has 0 atom stereocenters. The Kier molecular flexibility index (Phi) is 6.08. The average Bonchev–Trinajstić information content (AvgIpc) is 2.94. The van der Waals surface area contributed by atoms with Crippen LogP contribution in [0.4, 0.5) is 5.69 Å². The van der Waals surface area contributed by atoms with Crippen molar-refractivity contribution in [2.75, 3.05) is 18.6 Å². The van der Waals surface area contributed by atoms with E-state index in [0.717, 1.165) is 23.7 Å². The van der Waals surface area contributed by atoms with Gasteiger partial charge in [0.2, 0.25) is 0 Å². The number of amides is 1. The molecule has 1 fully saturated rings. The van der Waals surface area contributed by atoms with Crippen molar-refractivity contribution in [3.05, 3.63) is 58.0 Å². The number of methoxy groups -OCH3 is 1. The van der Waals surface area contributed by atoms with E-state index in [-0.39, 0.29) is 11.1 Å². The second-order valence-electron chi connectivity index (χ2n) is 5.79. The van der Waals surface area contributed by atoms with Crippen LogP contribution in [0.2, 0.25) is 5.02 Å². The molecule has 0 spiro atoms. The predicted octanol–water partition coefficient (Wildman–Crippen LogP) is 5.19. The van der Waals surface area contributed by atoms with Gasteiger partial charge < -0.3 is 9.47 Å². The molecule has 27 heavy (non-hydrogen) atoms. The Balaban J connectivity index is 1.86. The monoisotopic (exact) mass is 402 g/mol. The number of benzene rings is 2. The topological polar surface area (TPSA) is 62.6 Å². The number of carbonyl (C=O) groups is 1. The fourth-order valence-electron chi connectivity index (χ4n) is 2.57. The number of anilines is 1. The van der Waals surface area contributed by atoms with Crippen LogP contribution >= 0.6 is 23.4 Å². The second kappa shape index (κ2) is 8.50. The average molecular weight is 403 g/mol. The minimum Gasteiger partial charge on any atom is -0.493 e. The Morgan fingerprint density at radius 2 is 1.93 bits per heavy atom. The lowest BCUT2D eigenvalue weighted by molar-refractivity contribution is -0.113. The molecule has 0 saturated carbocycles. The molecular weight excluding hydrogens is 384 g/mol. The lowest BCUT2D eigenvalue weighted by atomic mass is 10.2. The van der Waals surface area contributed by atoms with E-state index in [0.29, 0.717) is 33.7 Å². The zero-order valence-corrected chi connectivity index (χ0v) is 16.6. The van der Waals surface area contributed by atoms with Gasteiger partial charge >= 0.3 is 0 Å². The minimum atomic E-state index is -0.238. The van der Waals surface area contributed by atoms with E-state index in [1.54, 1.807) is 37.5 Å². The molecule has 2 aromatic carbocycles. The van der Waals surface area contributed by atoms with Crippen LogP contribution in [0.15, 0.2) is 47.4 Å². The Morgan fingerprint density at radius 3 is 2.59 bits per heavy atom. The Labute approximate surface area is 167 Å². The van der Waals surface area contributed by atoms with Crippen LogP contribution in [0.3, 0.4) is 0 Å². The summed E-state index contributed by atoms with van der Waals surface area (Å²) in [6.45, 7) is 2.65. The summed E-state index contributed by atoms with van der Waals surface area (Å²) >= 11 is 7.03. The highest BCUT2D eigenvalue weighted by atomic mass is 35.5. The number of nitrogens with one attached hydrogen (secondary N) is 1. The van der Waals surface area contributed by atoms with Crippen LogP contribution < -0.4 is 14.4 Å². The first-order chi connectivity index (χ1) is 13.0. The fraction of sp³-hybridized carbons (Fsp3) is 0.200. The third-order valence-electron chi connectivity index (χ3n) is 3.86. The molecule has 0 aromatic heterocycles. The minimum absolute atomic E-state index is 0.156. The van der Waals surface area contributed by atoms with Gasteiger partial charge in [0.25, 0.3) is 5.91 Å². The molecule has 0 unspecified atom stereocenters. The maximum absolute atomic E-state index is 12.8. The van der Waals surface area contributed by atoms with Crippen LogP contribution in [0.1, 0.15) is 18.9 Å². The zero-order valence-electron chi connectivity index (χ0n) is 15.0. The van der Waals surface area contributed by atoms with Crippen molar-refractivity contribution in [2.45, 2.75) is 13.3 Å². The highest BCUT2D eigenvalue weighted by Gasteiger charge is 2.33. The summed E-state index contributed by atoms with van der Waals surface area (Å²) in [5.41, 5.74) is 1.42. The first-order valence-electron chi connectivity index (χ1n) is 8.42. The molecule has 2 aromatic rings. The third kappa shape index (κ3) is 4.28. The largest absolute Gasteiger partial charge is 0.493 e. The van der Waals surface area contributed by atoms with Gasteiger partial charge in [-0.05, 0) is 66.2 Å². The highest BCUT2D eigenvalue weighted by Crippen LogP contribution is 2.36. The molecule has 0 bridgehead atoms. The van der Waals surface area contributed by atoms with E-state index in [4.69, 9.17) is 26.5 Å². The molecule has 0 aliphatic carbocycles. The molecule has 7 heteroatoms. The van der Waals surface area contributed by atoms with Crippen LogP contribution in [0.25, 0.3) is 6.08 Å². The third-order valence-corrected chi connectivity index (χ3v) is 5.00. The van der Waals surface area contributed by atoms with Gasteiger partial charge in [0.15, 0.2) is 16.7 Å². The number of carbonyl (C=O) groups excluding carboxylic acids is 1. The van der Waals surface area contributed by atoms with Crippen LogP contribution in [-0.2, 0) is 4.79 Å². The van der Waals surface area contributed by atoms with E-state index < -0.39 is 0 Å². The summed E-state index contributed by atoms with van der Waals surface area (Å²) in [5, 5.41) is 8.90. The van der Waals surface area contributed by atoms with E-state index in [2.05, 4.69) is 0 Å². The zero-order chi connectivity index (χ0) is 19.4. The molecule has 140 valence electrons. The lowest BCUT2D eigenvalue weighted by Gasteiger charge is -2.14. The normalized spacial score (nSPS) is 15.5. The maximum Gasteiger partial charge on any atom is 0.271 e. The van der Waals surface area contributed by atoms with Gasteiger partial charge in [0.05, 0.1) is 24.3 Å². The Hall–Kier alpha value is -2.44. The first kappa shape index (κ1) is 19.3. The van der Waals surface area contributed by atoms with E-state index >= 15 is 0 Å². The van der Waals surface area contributed by atoms with Gasteiger partial charge in [-0.1, -0.05) is 24.6 Å². The smallest absolute Gasteiger partial charge is 0.271 e. The predicted molar refractivity (Wildman–Crippen MR) is 111 cm³/mol. The second-order valence-corrected chi connectivity index (χ2v) is 7.26. The van der Waals surface area contributed by atoms with Crippen molar-refractivity contribution in [3.8, 4) is 11.5 Å². The van der Waals surface area contributed by atoms with Crippen molar-refractivity contribution in [1.82, 2.24) is 0 Å². The summed E-state index contributed by atoms with van der Waals surface area (Å²) < 4.78 is 11.0. The number of rotatable bonds is 6. The molecule has 1 heterocycles. The van der Waals surface area contributed by atoms with Crippen molar-refractivity contribution < 1.29 is 14.3 Å². The van der Waals surface area contributed by atoms with Crippen molar-refractivity contribution in [3.63, 3.8) is 0 Å². The van der Waals surface area contributed by atoms with Crippen molar-refractivity contribution in [2.24, 2.45) is 0 Å². The standard InChI is InChI=1S/C20H19ClN2O3S/c1-3-10-26-16-9-4-13(11-17(16)25-2)12-18-19(24)23(20(22)27-18)15-7-5-14(21)6-8-15/h4-9,11-12,22H,3,10H2,1-2H3/b18-12-,22-20?. The number of ether oxygens (including phenoxy) is 2. The first-order valence-corrected chi connectivity index (χ1v) is 9.62. The molecule has 0 radical (unpaired) electrons. The van der Waals surface area contributed by atoms with Gasteiger partial charge in [-0.25, -0.2) is 0 Å². The number of amidine groups is 1. The summed E-state index contributed by atoms with van der Waals surface area (Å²) in [7, 11) is 1.58. The SMILES string of the molecule is CCCOc1ccc(/C=C2\SC(=N)N(c3ccc(Cl)cc3)C2=O)cc1OC. The molecule has 1 amide bonds. The quantitative estimate of drug-likeness (QED) is 0.675. The number of thioether (sulfide) groups is 1. The van der Waals surface area contributed by atoms with E-state index in [9.17, 15) is 4.79 Å². The van der Waals surface area contributed by atoms with Crippen molar-refractivity contribution >= 4 is 46.2 Å². The van der Waals surface area contributed by atoms with Gasteiger partial charge in [0.1, 0.15) is 0 Å². The molecule has 1 aliphatic rings. The van der Waals surface area contributed by atoms with Gasteiger partial charge in [-0.3, -0.25) is 15.1 Å². The highest BCUT2D eigenvalue weighted by molar-refractivity contribution is 8.19. The Morgan fingerprint density at radius 1 is 1.19 bits per heavy atom. The van der Waals surface area contributed by atoms with Crippen molar-refractivity contribution in [1.29, 1.82) is 5.41 Å². The van der Waals surface area contributed by atoms with Gasteiger partial charge in [-0.2, -0.15) is 0 Å².